The largest absolute Gasteiger partial charge is 0.303 e. The Morgan fingerprint density at radius 2 is 1.27 bits per heavy atom. The van der Waals surface area contributed by atoms with Gasteiger partial charge in [-0.25, -0.2) is 15.2 Å². The van der Waals surface area contributed by atoms with Gasteiger partial charge < -0.3 is 4.90 Å². The highest BCUT2D eigenvalue weighted by atomic mass is 19.1. The summed E-state index contributed by atoms with van der Waals surface area (Å²) in [5.41, 5.74) is 11.9. The number of benzene rings is 3. The molecule has 5 heteroatoms. The van der Waals surface area contributed by atoms with E-state index in [4.69, 9.17) is 0 Å². The van der Waals surface area contributed by atoms with Crippen LogP contribution >= 0.6 is 0 Å². The normalized spacial score (nSPS) is 25.6. The number of nitrogens with one attached hydrogen (secondary N) is 2. The lowest BCUT2D eigenvalue weighted by atomic mass is 9.83. The molecule has 2 aliphatic heterocycles. The lowest BCUT2D eigenvalue weighted by Gasteiger charge is -2.31. The second-order valence-corrected chi connectivity index (χ2v) is 8.27. The zero-order valence-corrected chi connectivity index (χ0v) is 17.0. The molecule has 3 aromatic carbocycles. The number of anilines is 1. The molecule has 2 aliphatic rings. The third-order valence-electron chi connectivity index (χ3n) is 6.27. The predicted molar refractivity (Wildman–Crippen MR) is 115 cm³/mol. The lowest BCUT2D eigenvalue weighted by Crippen LogP contribution is -2.41. The van der Waals surface area contributed by atoms with Crippen LogP contribution in [-0.4, -0.2) is 11.9 Å². The second kappa shape index (κ2) is 7.35. The Bertz CT molecular complexity index is 1060. The maximum absolute atomic E-state index is 13.6. The zero-order valence-electron chi connectivity index (χ0n) is 17.0. The summed E-state index contributed by atoms with van der Waals surface area (Å²) in [5, 5.41) is 0. The molecule has 1 amide bonds. The van der Waals surface area contributed by atoms with Gasteiger partial charge >= 0.3 is 0 Å². The molecule has 4 atom stereocenters. The first-order chi connectivity index (χ1) is 14.5. The molecule has 5 rings (SSSR count). The highest BCUT2D eigenvalue weighted by Crippen LogP contribution is 2.48. The monoisotopic (exact) mass is 401 g/mol. The summed E-state index contributed by atoms with van der Waals surface area (Å²) >= 11 is 0. The topological polar surface area (TPSA) is 44.4 Å². The van der Waals surface area contributed by atoms with E-state index >= 15 is 0 Å². The number of amides is 1. The molecule has 2 saturated heterocycles. The van der Waals surface area contributed by atoms with Gasteiger partial charge in [-0.05, 0) is 49.2 Å². The summed E-state index contributed by atoms with van der Waals surface area (Å²) in [5.74, 6) is -0.318. The molecule has 4 nitrogen and oxygen atoms in total. The highest BCUT2D eigenvalue weighted by Gasteiger charge is 2.55. The standard InChI is InChI=1S/C25H24FN3O/c1-15-3-7-17(8-4-15)22-21-23(28-27-22)25(30)29(20-13-11-19(26)12-14-20)24(21)18-9-5-16(2)6-10-18/h3-14,21-24,27-28H,1-2H3. The van der Waals surface area contributed by atoms with Gasteiger partial charge in [-0.3, -0.25) is 4.79 Å². The van der Waals surface area contributed by atoms with Crippen LogP contribution in [0.5, 0.6) is 0 Å². The maximum Gasteiger partial charge on any atom is 0.246 e. The summed E-state index contributed by atoms with van der Waals surface area (Å²) in [6, 6.07) is 22.4. The minimum atomic E-state index is -0.354. The van der Waals surface area contributed by atoms with Gasteiger partial charge in [0.1, 0.15) is 11.9 Å². The maximum atomic E-state index is 13.6. The fourth-order valence-electron chi connectivity index (χ4n) is 4.72. The first-order valence-corrected chi connectivity index (χ1v) is 10.3. The molecule has 0 radical (unpaired) electrons. The van der Waals surface area contributed by atoms with Crippen molar-refractivity contribution >= 4 is 11.6 Å². The highest BCUT2D eigenvalue weighted by molar-refractivity contribution is 6.01. The van der Waals surface area contributed by atoms with E-state index in [1.165, 1.54) is 23.3 Å². The number of halogens is 1. The van der Waals surface area contributed by atoms with Gasteiger partial charge in [-0.2, -0.15) is 0 Å². The molecule has 2 N–H and O–H groups in total. The van der Waals surface area contributed by atoms with Crippen LogP contribution in [0.25, 0.3) is 0 Å². The number of rotatable bonds is 3. The first-order valence-electron chi connectivity index (χ1n) is 10.3. The van der Waals surface area contributed by atoms with Gasteiger partial charge in [0.25, 0.3) is 0 Å². The van der Waals surface area contributed by atoms with Gasteiger partial charge in [0, 0.05) is 11.6 Å². The van der Waals surface area contributed by atoms with E-state index in [1.54, 1.807) is 12.1 Å². The fraction of sp³-hybridized carbons (Fsp3) is 0.240. The first kappa shape index (κ1) is 19.0. The van der Waals surface area contributed by atoms with Crippen molar-refractivity contribution in [2.24, 2.45) is 5.92 Å². The second-order valence-electron chi connectivity index (χ2n) is 8.27. The van der Waals surface area contributed by atoms with Crippen LogP contribution in [0, 0.1) is 25.6 Å². The van der Waals surface area contributed by atoms with Gasteiger partial charge in [-0.1, -0.05) is 59.7 Å². The number of carbonyl (C=O) groups excluding carboxylic acids is 1. The van der Waals surface area contributed by atoms with Crippen LogP contribution < -0.4 is 15.8 Å². The summed E-state index contributed by atoms with van der Waals surface area (Å²) in [7, 11) is 0. The zero-order chi connectivity index (χ0) is 20.8. The molecule has 0 saturated carbocycles. The Kier molecular flexibility index (Phi) is 4.65. The van der Waals surface area contributed by atoms with E-state index in [1.807, 2.05) is 4.90 Å². The molecule has 0 spiro atoms. The third-order valence-corrected chi connectivity index (χ3v) is 6.27. The van der Waals surface area contributed by atoms with Gasteiger partial charge in [-0.15, -0.1) is 0 Å². The smallest absolute Gasteiger partial charge is 0.246 e. The summed E-state index contributed by atoms with van der Waals surface area (Å²) in [6.07, 6.45) is 0. The molecule has 152 valence electrons. The molecule has 2 heterocycles. The van der Waals surface area contributed by atoms with Gasteiger partial charge in [0.2, 0.25) is 5.91 Å². The Hall–Kier alpha value is -3.02. The third kappa shape index (κ3) is 3.11. The minimum absolute atomic E-state index is 0.000653. The van der Waals surface area contributed by atoms with Crippen molar-refractivity contribution in [3.8, 4) is 0 Å². The van der Waals surface area contributed by atoms with Crippen molar-refractivity contribution in [1.29, 1.82) is 0 Å². The van der Waals surface area contributed by atoms with Crippen LogP contribution in [0.4, 0.5) is 10.1 Å². The molecule has 4 unspecified atom stereocenters. The molecular formula is C25H24FN3O. The number of aryl methyl sites for hydroxylation is 2. The fourth-order valence-corrected chi connectivity index (χ4v) is 4.72. The van der Waals surface area contributed by atoms with Gasteiger partial charge in [0.15, 0.2) is 0 Å². The van der Waals surface area contributed by atoms with E-state index in [2.05, 4.69) is 73.2 Å². The van der Waals surface area contributed by atoms with Crippen LogP contribution in [0.2, 0.25) is 0 Å². The lowest BCUT2D eigenvalue weighted by molar-refractivity contribution is -0.119. The number of fused-ring (bicyclic) bond motifs is 1. The van der Waals surface area contributed by atoms with Crippen molar-refractivity contribution < 1.29 is 9.18 Å². The molecule has 2 fully saturated rings. The van der Waals surface area contributed by atoms with E-state index in [-0.39, 0.29) is 35.8 Å². The van der Waals surface area contributed by atoms with E-state index in [0.717, 1.165) is 11.1 Å². The average molecular weight is 401 g/mol. The molecule has 30 heavy (non-hydrogen) atoms. The van der Waals surface area contributed by atoms with Crippen molar-refractivity contribution in [2.75, 3.05) is 4.90 Å². The Morgan fingerprint density at radius 3 is 1.87 bits per heavy atom. The summed E-state index contributed by atoms with van der Waals surface area (Å²) in [6.45, 7) is 4.12. The Balaban J connectivity index is 1.62. The van der Waals surface area contributed by atoms with Crippen LogP contribution in [-0.2, 0) is 4.79 Å². The number of nitrogens with zero attached hydrogens (tertiary/aromatic N) is 1. The van der Waals surface area contributed by atoms with Crippen LogP contribution in [0.1, 0.15) is 34.3 Å². The Labute approximate surface area is 175 Å². The number of hydrogen-bond donors (Lipinski definition) is 2. The van der Waals surface area contributed by atoms with Crippen LogP contribution in [0.3, 0.4) is 0 Å². The van der Waals surface area contributed by atoms with E-state index in [9.17, 15) is 9.18 Å². The minimum Gasteiger partial charge on any atom is -0.303 e. The number of carbonyl (C=O) groups is 1. The summed E-state index contributed by atoms with van der Waals surface area (Å²) < 4.78 is 13.6. The van der Waals surface area contributed by atoms with E-state index in [0.29, 0.717) is 5.69 Å². The predicted octanol–water partition coefficient (Wildman–Crippen LogP) is 4.36. The molecule has 0 aromatic heterocycles. The van der Waals surface area contributed by atoms with Gasteiger partial charge in [0.05, 0.1) is 12.1 Å². The molecule has 0 aliphatic carbocycles. The van der Waals surface area contributed by atoms with Crippen molar-refractivity contribution in [2.45, 2.75) is 32.0 Å². The average Bonchev–Trinajstić information content (AvgIpc) is 3.29. The van der Waals surface area contributed by atoms with Crippen LogP contribution in [0.15, 0.2) is 72.8 Å². The number of hydrogen-bond acceptors (Lipinski definition) is 3. The van der Waals surface area contributed by atoms with Crippen molar-refractivity contribution in [3.05, 3.63) is 101 Å². The number of hydrazine groups is 1. The SMILES string of the molecule is Cc1ccc(C2NNC3C(=O)N(c4ccc(F)cc4)C(c4ccc(C)cc4)C32)cc1. The van der Waals surface area contributed by atoms with Crippen molar-refractivity contribution in [1.82, 2.24) is 10.9 Å². The molecule has 3 aromatic rings. The molecule has 0 bridgehead atoms. The quantitative estimate of drug-likeness (QED) is 0.685. The summed E-state index contributed by atoms with van der Waals surface area (Å²) in [4.78, 5) is 15.3. The molecular weight excluding hydrogens is 377 g/mol. The van der Waals surface area contributed by atoms with Crippen molar-refractivity contribution in [3.63, 3.8) is 0 Å². The van der Waals surface area contributed by atoms with E-state index < -0.39 is 0 Å². The Morgan fingerprint density at radius 1 is 0.733 bits per heavy atom.